The van der Waals surface area contributed by atoms with Crippen molar-refractivity contribution in [3.8, 4) is 0 Å². The lowest BCUT2D eigenvalue weighted by Gasteiger charge is -2.17. The van der Waals surface area contributed by atoms with Gasteiger partial charge >= 0.3 is 0 Å². The maximum Gasteiger partial charge on any atom is 0.231 e. The summed E-state index contributed by atoms with van der Waals surface area (Å²) in [6.45, 7) is 2.81. The second-order valence-corrected chi connectivity index (χ2v) is 8.30. The summed E-state index contributed by atoms with van der Waals surface area (Å²) >= 11 is 4.51. The molecule has 0 unspecified atom stereocenters. The lowest BCUT2D eigenvalue weighted by molar-refractivity contribution is -0.119. The average Bonchev–Trinajstić information content (AvgIpc) is 3.31. The van der Waals surface area contributed by atoms with Gasteiger partial charge in [-0.25, -0.2) is 0 Å². The Labute approximate surface area is 158 Å². The van der Waals surface area contributed by atoms with Gasteiger partial charge in [-0.05, 0) is 23.9 Å². The highest BCUT2D eigenvalue weighted by Gasteiger charge is 2.18. The van der Waals surface area contributed by atoms with Crippen molar-refractivity contribution in [2.45, 2.75) is 17.3 Å². The molecule has 0 aliphatic rings. The molecule has 0 aliphatic carbocycles. The minimum absolute atomic E-state index is 0.0209. The molecule has 0 saturated carbocycles. The molecule has 2 aromatic heterocycles. The summed E-state index contributed by atoms with van der Waals surface area (Å²) in [6, 6.07) is 13.9. The molecular weight excluding hydrogens is 372 g/mol. The fraction of sp³-hybridized carbons (Fsp3) is 0.235. The number of benzene rings is 1. The number of carbonyl (C=O) groups is 1. The van der Waals surface area contributed by atoms with Gasteiger partial charge in [-0.1, -0.05) is 59.5 Å². The van der Waals surface area contributed by atoms with Crippen LogP contribution in [-0.4, -0.2) is 28.4 Å². The van der Waals surface area contributed by atoms with Crippen LogP contribution >= 0.6 is 34.4 Å². The predicted octanol–water partition coefficient (Wildman–Crippen LogP) is 4.03. The van der Waals surface area contributed by atoms with E-state index in [9.17, 15) is 4.79 Å². The Morgan fingerprint density at radius 1 is 1.20 bits per heavy atom. The quantitative estimate of drug-likeness (QED) is 0.569. The Bertz CT molecular complexity index is 789. The molecule has 2 heterocycles. The van der Waals surface area contributed by atoms with Crippen LogP contribution in [0.1, 0.15) is 23.4 Å². The Morgan fingerprint density at radius 3 is 2.76 bits per heavy atom. The molecule has 1 atom stereocenters. The third kappa shape index (κ3) is 5.04. The first kappa shape index (κ1) is 17.9. The molecular formula is C17H18N4OS3. The normalized spacial score (nSPS) is 11.9. The van der Waals surface area contributed by atoms with Gasteiger partial charge in [-0.15, -0.1) is 21.5 Å². The fourth-order valence-corrected chi connectivity index (χ4v) is 4.67. The van der Waals surface area contributed by atoms with E-state index in [1.165, 1.54) is 23.1 Å². The van der Waals surface area contributed by atoms with Crippen LogP contribution in [0.25, 0.3) is 0 Å². The number of thioether (sulfide) groups is 1. The van der Waals surface area contributed by atoms with Crippen LogP contribution in [0.15, 0.2) is 52.2 Å². The number of aromatic nitrogens is 2. The molecule has 0 aliphatic heterocycles. The van der Waals surface area contributed by atoms with E-state index in [1.54, 1.807) is 11.3 Å². The largest absolute Gasteiger partial charge is 0.360 e. The number of nitrogens with zero attached hydrogens (tertiary/aromatic N) is 2. The number of carbonyl (C=O) groups excluding carboxylic acids is 1. The molecule has 3 rings (SSSR count). The highest BCUT2D eigenvalue weighted by molar-refractivity contribution is 8.01. The van der Waals surface area contributed by atoms with Crippen LogP contribution in [0.3, 0.4) is 0 Å². The van der Waals surface area contributed by atoms with Gasteiger partial charge in [-0.3, -0.25) is 4.79 Å². The minimum Gasteiger partial charge on any atom is -0.360 e. The molecule has 0 radical (unpaired) electrons. The number of hydrogen-bond acceptors (Lipinski definition) is 7. The topological polar surface area (TPSA) is 66.9 Å². The van der Waals surface area contributed by atoms with Gasteiger partial charge in [0.1, 0.15) is 0 Å². The van der Waals surface area contributed by atoms with Crippen molar-refractivity contribution in [3.05, 3.63) is 58.3 Å². The summed E-state index contributed by atoms with van der Waals surface area (Å²) < 4.78 is 0.790. The van der Waals surface area contributed by atoms with Crippen molar-refractivity contribution in [1.29, 1.82) is 0 Å². The molecule has 130 valence electrons. The van der Waals surface area contributed by atoms with Crippen molar-refractivity contribution < 1.29 is 4.79 Å². The van der Waals surface area contributed by atoms with E-state index < -0.39 is 0 Å². The van der Waals surface area contributed by atoms with E-state index in [-0.39, 0.29) is 11.9 Å². The highest BCUT2D eigenvalue weighted by Crippen LogP contribution is 2.28. The molecule has 8 heteroatoms. The zero-order chi connectivity index (χ0) is 17.5. The SMILES string of the molecule is CCNc1nnc(SCC(=O)N[C@H](c2ccccc2)c2cccs2)s1. The molecule has 0 fully saturated rings. The van der Waals surface area contributed by atoms with Gasteiger partial charge in [0, 0.05) is 11.4 Å². The number of anilines is 1. The van der Waals surface area contributed by atoms with Gasteiger partial charge in [0.2, 0.25) is 11.0 Å². The number of nitrogens with one attached hydrogen (secondary N) is 2. The number of thiophene rings is 1. The van der Waals surface area contributed by atoms with Crippen molar-refractivity contribution in [3.63, 3.8) is 0 Å². The van der Waals surface area contributed by atoms with Crippen LogP contribution in [0.5, 0.6) is 0 Å². The first-order chi connectivity index (χ1) is 12.3. The van der Waals surface area contributed by atoms with Crippen molar-refractivity contribution >= 4 is 45.5 Å². The summed E-state index contributed by atoms with van der Waals surface area (Å²) in [5, 5.41) is 17.2. The van der Waals surface area contributed by atoms with Gasteiger partial charge in [-0.2, -0.15) is 0 Å². The van der Waals surface area contributed by atoms with Crippen LogP contribution < -0.4 is 10.6 Å². The maximum absolute atomic E-state index is 12.4. The Hall–Kier alpha value is -1.90. The number of hydrogen-bond donors (Lipinski definition) is 2. The standard InChI is InChI=1S/C17H18N4OS3/c1-2-18-16-20-21-17(25-16)24-11-14(22)19-15(13-9-6-10-23-13)12-7-4-3-5-8-12/h3-10,15H,2,11H2,1H3,(H,18,20)(H,19,22)/t15-/m1/s1. The molecule has 3 aromatic rings. The summed E-state index contributed by atoms with van der Waals surface area (Å²) in [4.78, 5) is 13.6. The molecule has 0 bridgehead atoms. The molecule has 2 N–H and O–H groups in total. The Morgan fingerprint density at radius 2 is 2.04 bits per heavy atom. The average molecular weight is 391 g/mol. The monoisotopic (exact) mass is 390 g/mol. The Kier molecular flexibility index (Phi) is 6.43. The van der Waals surface area contributed by atoms with Crippen LogP contribution in [-0.2, 0) is 4.79 Å². The predicted molar refractivity (Wildman–Crippen MR) is 106 cm³/mol. The summed E-state index contributed by atoms with van der Waals surface area (Å²) in [5.74, 6) is 0.294. The molecule has 0 saturated heterocycles. The van der Waals surface area contributed by atoms with E-state index in [2.05, 4.69) is 20.8 Å². The smallest absolute Gasteiger partial charge is 0.231 e. The first-order valence-corrected chi connectivity index (χ1v) is 10.5. The van der Waals surface area contributed by atoms with Crippen molar-refractivity contribution in [2.75, 3.05) is 17.6 Å². The van der Waals surface area contributed by atoms with Crippen LogP contribution in [0.2, 0.25) is 0 Å². The number of rotatable bonds is 8. The van der Waals surface area contributed by atoms with E-state index in [0.29, 0.717) is 5.75 Å². The summed E-state index contributed by atoms with van der Waals surface area (Å²) in [6.07, 6.45) is 0. The molecule has 0 spiro atoms. The number of amides is 1. The van der Waals surface area contributed by atoms with E-state index in [1.807, 2.05) is 54.8 Å². The zero-order valence-corrected chi connectivity index (χ0v) is 16.1. The molecule has 1 amide bonds. The van der Waals surface area contributed by atoms with E-state index in [4.69, 9.17) is 0 Å². The summed E-state index contributed by atoms with van der Waals surface area (Å²) in [5.41, 5.74) is 1.08. The maximum atomic E-state index is 12.4. The third-order valence-corrected chi connectivity index (χ3v) is 6.28. The Balaban J connectivity index is 1.62. The van der Waals surface area contributed by atoms with Crippen molar-refractivity contribution in [1.82, 2.24) is 15.5 Å². The van der Waals surface area contributed by atoms with Crippen LogP contribution in [0.4, 0.5) is 5.13 Å². The molecule has 25 heavy (non-hydrogen) atoms. The second kappa shape index (κ2) is 8.98. The zero-order valence-electron chi connectivity index (χ0n) is 13.6. The van der Waals surface area contributed by atoms with Gasteiger partial charge in [0.15, 0.2) is 4.34 Å². The van der Waals surface area contributed by atoms with Gasteiger partial charge < -0.3 is 10.6 Å². The lowest BCUT2D eigenvalue weighted by Crippen LogP contribution is -2.30. The van der Waals surface area contributed by atoms with Crippen molar-refractivity contribution in [2.24, 2.45) is 0 Å². The summed E-state index contributed by atoms with van der Waals surface area (Å²) in [7, 11) is 0. The molecule has 1 aromatic carbocycles. The first-order valence-electron chi connectivity index (χ1n) is 7.84. The highest BCUT2D eigenvalue weighted by atomic mass is 32.2. The van der Waals surface area contributed by atoms with E-state index >= 15 is 0 Å². The minimum atomic E-state index is -0.124. The van der Waals surface area contributed by atoms with Gasteiger partial charge in [0.05, 0.1) is 11.8 Å². The van der Waals surface area contributed by atoms with Gasteiger partial charge in [0.25, 0.3) is 0 Å². The van der Waals surface area contributed by atoms with E-state index in [0.717, 1.165) is 26.5 Å². The fourth-order valence-electron chi connectivity index (χ4n) is 2.24. The molecule has 5 nitrogen and oxygen atoms in total. The second-order valence-electron chi connectivity index (χ2n) is 5.12. The van der Waals surface area contributed by atoms with Crippen LogP contribution in [0, 0.1) is 0 Å². The lowest BCUT2D eigenvalue weighted by atomic mass is 10.1. The third-order valence-electron chi connectivity index (χ3n) is 3.33.